The standard InChI is InChI=1S/C27H38ClN3O5S/c1-7-20(3)29-27(33)21(4)30(18-22-12-9-8-11-19(22)2)26(32)13-10-16-31(37(6,34)35)23-14-15-25(36-5)24(28)17-23/h8-9,11-12,14-15,17,20-21H,7,10,13,16,18H2,1-6H3,(H,29,33)/t20-,21-/m0/s1. The van der Waals surface area contributed by atoms with Crippen molar-refractivity contribution in [2.75, 3.05) is 24.2 Å². The van der Waals surface area contributed by atoms with Gasteiger partial charge in [0.1, 0.15) is 11.8 Å². The number of carbonyl (C=O) groups is 2. The first kappa shape index (κ1) is 30.4. The molecule has 2 rings (SSSR count). The van der Waals surface area contributed by atoms with E-state index in [9.17, 15) is 18.0 Å². The van der Waals surface area contributed by atoms with Crippen molar-refractivity contribution in [3.63, 3.8) is 0 Å². The van der Waals surface area contributed by atoms with Crippen LogP contribution in [0.25, 0.3) is 0 Å². The minimum atomic E-state index is -3.63. The molecule has 2 atom stereocenters. The van der Waals surface area contributed by atoms with Gasteiger partial charge in [0.2, 0.25) is 21.8 Å². The Morgan fingerprint density at radius 2 is 1.81 bits per heavy atom. The average Bonchev–Trinajstić information content (AvgIpc) is 2.84. The van der Waals surface area contributed by atoms with Gasteiger partial charge in [-0.15, -0.1) is 0 Å². The Balaban J connectivity index is 2.21. The number of nitrogens with zero attached hydrogens (tertiary/aromatic N) is 2. The normalized spacial score (nSPS) is 12.9. The molecule has 0 spiro atoms. The molecule has 2 amide bonds. The molecule has 0 unspecified atom stereocenters. The summed E-state index contributed by atoms with van der Waals surface area (Å²) >= 11 is 6.21. The maximum absolute atomic E-state index is 13.4. The van der Waals surface area contributed by atoms with Crippen LogP contribution in [0.3, 0.4) is 0 Å². The molecule has 37 heavy (non-hydrogen) atoms. The van der Waals surface area contributed by atoms with Gasteiger partial charge < -0.3 is 15.0 Å². The van der Waals surface area contributed by atoms with Crippen LogP contribution in [-0.4, -0.2) is 57.1 Å². The molecule has 2 aromatic rings. The van der Waals surface area contributed by atoms with E-state index in [0.717, 1.165) is 23.8 Å². The van der Waals surface area contributed by atoms with Crippen LogP contribution in [0, 0.1) is 6.92 Å². The number of sulfonamides is 1. The minimum Gasteiger partial charge on any atom is -0.495 e. The highest BCUT2D eigenvalue weighted by Crippen LogP contribution is 2.30. The summed E-state index contributed by atoms with van der Waals surface area (Å²) in [4.78, 5) is 27.9. The molecule has 2 aromatic carbocycles. The van der Waals surface area contributed by atoms with Gasteiger partial charge in [-0.3, -0.25) is 13.9 Å². The van der Waals surface area contributed by atoms with Gasteiger partial charge in [0.05, 0.1) is 24.1 Å². The topological polar surface area (TPSA) is 96.0 Å². The van der Waals surface area contributed by atoms with Gasteiger partial charge in [-0.25, -0.2) is 8.42 Å². The minimum absolute atomic E-state index is 0.00926. The maximum atomic E-state index is 13.4. The van der Waals surface area contributed by atoms with E-state index >= 15 is 0 Å². The van der Waals surface area contributed by atoms with Crippen molar-refractivity contribution < 1.29 is 22.7 Å². The smallest absolute Gasteiger partial charge is 0.242 e. The summed E-state index contributed by atoms with van der Waals surface area (Å²) in [6.07, 6.45) is 2.22. The second-order valence-corrected chi connectivity index (χ2v) is 11.5. The number of benzene rings is 2. The zero-order valence-electron chi connectivity index (χ0n) is 22.5. The Labute approximate surface area is 226 Å². The molecule has 0 bridgehead atoms. The summed E-state index contributed by atoms with van der Waals surface area (Å²) in [5.74, 6) is -0.0104. The fourth-order valence-electron chi connectivity index (χ4n) is 3.83. The highest BCUT2D eigenvalue weighted by molar-refractivity contribution is 7.92. The molecule has 8 nitrogen and oxygen atoms in total. The number of rotatable bonds is 13. The highest BCUT2D eigenvalue weighted by Gasteiger charge is 2.27. The molecule has 0 aliphatic carbocycles. The number of nitrogens with one attached hydrogen (secondary N) is 1. The first-order valence-corrected chi connectivity index (χ1v) is 14.6. The van der Waals surface area contributed by atoms with E-state index in [4.69, 9.17) is 16.3 Å². The number of ether oxygens (including phenoxy) is 1. The fourth-order valence-corrected chi connectivity index (χ4v) is 5.04. The number of carbonyl (C=O) groups excluding carboxylic acids is 2. The number of halogens is 1. The molecule has 0 saturated carbocycles. The van der Waals surface area contributed by atoms with Crippen molar-refractivity contribution in [2.45, 2.75) is 65.6 Å². The Kier molecular flexibility index (Phi) is 11.3. The number of aryl methyl sites for hydroxylation is 1. The number of anilines is 1. The summed E-state index contributed by atoms with van der Waals surface area (Å²) in [5, 5.41) is 3.24. The molecule has 1 N–H and O–H groups in total. The third-order valence-corrected chi connectivity index (χ3v) is 7.84. The Hall–Kier alpha value is -2.78. The number of hydrogen-bond donors (Lipinski definition) is 1. The monoisotopic (exact) mass is 551 g/mol. The van der Waals surface area contributed by atoms with Gasteiger partial charge in [-0.2, -0.15) is 0 Å². The van der Waals surface area contributed by atoms with E-state index in [0.29, 0.717) is 11.4 Å². The van der Waals surface area contributed by atoms with Crippen molar-refractivity contribution in [2.24, 2.45) is 0 Å². The number of amides is 2. The van der Waals surface area contributed by atoms with Crippen molar-refractivity contribution in [1.82, 2.24) is 10.2 Å². The fraction of sp³-hybridized carbons (Fsp3) is 0.481. The van der Waals surface area contributed by atoms with E-state index < -0.39 is 16.1 Å². The van der Waals surface area contributed by atoms with E-state index in [1.165, 1.54) is 17.5 Å². The van der Waals surface area contributed by atoms with E-state index in [2.05, 4.69) is 5.32 Å². The summed E-state index contributed by atoms with van der Waals surface area (Å²) in [6.45, 7) is 7.95. The third kappa shape index (κ3) is 8.64. The van der Waals surface area contributed by atoms with Crippen molar-refractivity contribution in [1.29, 1.82) is 0 Å². The molecule has 0 aliphatic heterocycles. The highest BCUT2D eigenvalue weighted by atomic mass is 35.5. The Morgan fingerprint density at radius 1 is 1.14 bits per heavy atom. The van der Waals surface area contributed by atoms with Crippen LogP contribution in [-0.2, 0) is 26.2 Å². The van der Waals surface area contributed by atoms with Crippen molar-refractivity contribution >= 4 is 39.1 Å². The van der Waals surface area contributed by atoms with E-state index in [1.807, 2.05) is 45.0 Å². The van der Waals surface area contributed by atoms with Gasteiger partial charge in [0.25, 0.3) is 0 Å². The summed E-state index contributed by atoms with van der Waals surface area (Å²) in [7, 11) is -2.15. The van der Waals surface area contributed by atoms with Crippen LogP contribution in [0.5, 0.6) is 5.75 Å². The molecule has 10 heteroatoms. The third-order valence-electron chi connectivity index (χ3n) is 6.35. The lowest BCUT2D eigenvalue weighted by atomic mass is 10.1. The molecule has 204 valence electrons. The molecule has 0 saturated heterocycles. The molecule has 0 fully saturated rings. The number of hydrogen-bond acceptors (Lipinski definition) is 5. The molecule has 0 heterocycles. The molecular formula is C27H38ClN3O5S. The second-order valence-electron chi connectivity index (χ2n) is 9.20. The predicted octanol–water partition coefficient (Wildman–Crippen LogP) is 4.54. The lowest BCUT2D eigenvalue weighted by Crippen LogP contribution is -2.49. The summed E-state index contributed by atoms with van der Waals surface area (Å²) in [5.41, 5.74) is 2.36. The lowest BCUT2D eigenvalue weighted by molar-refractivity contribution is -0.140. The second kappa shape index (κ2) is 13.7. The van der Waals surface area contributed by atoms with Crippen LogP contribution < -0.4 is 14.4 Å². The summed E-state index contributed by atoms with van der Waals surface area (Å²) in [6, 6.07) is 11.8. The molecule has 0 aliphatic rings. The zero-order valence-corrected chi connectivity index (χ0v) is 24.0. The van der Waals surface area contributed by atoms with Crippen LogP contribution in [0.2, 0.25) is 5.02 Å². The largest absolute Gasteiger partial charge is 0.495 e. The van der Waals surface area contributed by atoms with Gasteiger partial charge in [0, 0.05) is 25.6 Å². The Bertz CT molecular complexity index is 1190. The predicted molar refractivity (Wildman–Crippen MR) is 149 cm³/mol. The van der Waals surface area contributed by atoms with Gasteiger partial charge in [0.15, 0.2) is 0 Å². The quantitative estimate of drug-likeness (QED) is 0.394. The molecule has 0 radical (unpaired) electrons. The van der Waals surface area contributed by atoms with Crippen LogP contribution >= 0.6 is 11.6 Å². The number of methoxy groups -OCH3 is 1. The van der Waals surface area contributed by atoms with Crippen LogP contribution in [0.1, 0.15) is 51.2 Å². The van der Waals surface area contributed by atoms with Crippen LogP contribution in [0.4, 0.5) is 5.69 Å². The molecule has 0 aromatic heterocycles. The Morgan fingerprint density at radius 3 is 2.38 bits per heavy atom. The first-order chi connectivity index (χ1) is 17.4. The van der Waals surface area contributed by atoms with Gasteiger partial charge in [-0.1, -0.05) is 42.8 Å². The van der Waals surface area contributed by atoms with E-state index in [1.54, 1.807) is 24.0 Å². The van der Waals surface area contributed by atoms with Gasteiger partial charge in [-0.05, 0) is 62.9 Å². The van der Waals surface area contributed by atoms with E-state index in [-0.39, 0.29) is 48.8 Å². The average molecular weight is 552 g/mol. The maximum Gasteiger partial charge on any atom is 0.242 e. The lowest BCUT2D eigenvalue weighted by Gasteiger charge is -2.30. The summed E-state index contributed by atoms with van der Waals surface area (Å²) < 4.78 is 31.4. The van der Waals surface area contributed by atoms with Gasteiger partial charge >= 0.3 is 0 Å². The zero-order chi connectivity index (χ0) is 27.8. The SMILES string of the molecule is CC[C@H](C)NC(=O)[C@H](C)N(Cc1ccccc1C)C(=O)CCCN(c1ccc(OC)c(Cl)c1)S(C)(=O)=O. The van der Waals surface area contributed by atoms with Crippen LogP contribution in [0.15, 0.2) is 42.5 Å². The molecular weight excluding hydrogens is 514 g/mol. The first-order valence-electron chi connectivity index (χ1n) is 12.3. The van der Waals surface area contributed by atoms with Crippen molar-refractivity contribution in [3.05, 3.63) is 58.6 Å². The van der Waals surface area contributed by atoms with Crippen molar-refractivity contribution in [3.8, 4) is 5.75 Å².